The van der Waals surface area contributed by atoms with Crippen LogP contribution in [-0.4, -0.2) is 91.3 Å². The lowest BCUT2D eigenvalue weighted by Crippen LogP contribution is -2.61. The number of carbonyl (C=O) groups is 4. The summed E-state index contributed by atoms with van der Waals surface area (Å²) < 4.78 is 5.37. The summed E-state index contributed by atoms with van der Waals surface area (Å²) in [4.78, 5) is 53.5. The first-order valence-corrected chi connectivity index (χ1v) is 10.5. The van der Waals surface area contributed by atoms with E-state index in [2.05, 4.69) is 10.6 Å². The molecule has 5 atom stereocenters. The minimum atomic E-state index is -0.856. The van der Waals surface area contributed by atoms with E-state index in [4.69, 9.17) is 4.74 Å². The van der Waals surface area contributed by atoms with Gasteiger partial charge in [0.05, 0.1) is 12.1 Å². The van der Waals surface area contributed by atoms with Crippen molar-refractivity contribution in [2.75, 3.05) is 33.4 Å². The first-order valence-electron chi connectivity index (χ1n) is 10.5. The molecule has 3 aliphatic rings. The number of nitrogens with zero attached hydrogens (tertiary/aromatic N) is 2. The topological polar surface area (TPSA) is 108 Å². The molecule has 29 heavy (non-hydrogen) atoms. The Balaban J connectivity index is 1.77. The van der Waals surface area contributed by atoms with E-state index in [1.54, 1.807) is 23.8 Å². The van der Waals surface area contributed by atoms with Crippen molar-refractivity contribution in [3.63, 3.8) is 0 Å². The van der Waals surface area contributed by atoms with Gasteiger partial charge in [0.15, 0.2) is 0 Å². The number of hydrogen-bond acceptors (Lipinski definition) is 6. The van der Waals surface area contributed by atoms with E-state index in [1.807, 2.05) is 0 Å². The van der Waals surface area contributed by atoms with Gasteiger partial charge in [-0.1, -0.05) is 0 Å². The molecule has 162 valence electrons. The van der Waals surface area contributed by atoms with Crippen molar-refractivity contribution in [1.82, 2.24) is 20.4 Å². The molecular formula is C20H32N4O5. The quantitative estimate of drug-likeness (QED) is 0.563. The van der Waals surface area contributed by atoms with Gasteiger partial charge in [0.25, 0.3) is 0 Å². The highest BCUT2D eigenvalue weighted by Crippen LogP contribution is 2.28. The van der Waals surface area contributed by atoms with Crippen LogP contribution in [0.1, 0.15) is 39.0 Å². The van der Waals surface area contributed by atoms with Gasteiger partial charge < -0.3 is 30.0 Å². The van der Waals surface area contributed by atoms with E-state index in [1.165, 1.54) is 0 Å². The zero-order valence-corrected chi connectivity index (χ0v) is 17.3. The number of amides is 3. The Morgan fingerprint density at radius 3 is 2.72 bits per heavy atom. The van der Waals surface area contributed by atoms with Gasteiger partial charge in [-0.25, -0.2) is 0 Å². The van der Waals surface area contributed by atoms with Gasteiger partial charge in [0.2, 0.25) is 17.7 Å². The average molecular weight is 408 g/mol. The largest absolute Gasteiger partial charge is 0.381 e. The molecule has 3 aliphatic heterocycles. The summed E-state index contributed by atoms with van der Waals surface area (Å²) in [6.45, 7) is 3.62. The van der Waals surface area contributed by atoms with Gasteiger partial charge >= 0.3 is 0 Å². The van der Waals surface area contributed by atoms with E-state index in [9.17, 15) is 19.2 Å². The number of aldehydes is 1. The Labute approximate surface area is 171 Å². The van der Waals surface area contributed by atoms with Crippen LogP contribution >= 0.6 is 0 Å². The summed E-state index contributed by atoms with van der Waals surface area (Å²) in [5.74, 6) is -0.375. The molecule has 3 fully saturated rings. The molecule has 0 spiro atoms. The Kier molecular flexibility index (Phi) is 7.23. The van der Waals surface area contributed by atoms with E-state index >= 15 is 0 Å². The van der Waals surface area contributed by atoms with Crippen molar-refractivity contribution < 1.29 is 23.9 Å². The molecule has 3 heterocycles. The van der Waals surface area contributed by atoms with E-state index in [0.29, 0.717) is 39.0 Å². The third-order valence-electron chi connectivity index (χ3n) is 6.37. The fourth-order valence-corrected chi connectivity index (χ4v) is 4.43. The summed E-state index contributed by atoms with van der Waals surface area (Å²) in [7, 11) is 1.67. The van der Waals surface area contributed by atoms with Crippen LogP contribution in [0.2, 0.25) is 0 Å². The standard InChI is InChI=1S/C20H32N4O5/c1-13(21-2)19(27)22-17-10-23(18(26)9-14-6-8-29-12-14)7-5-15-3-4-16(11-25)24(15)20(17)28/h11,13-17,21H,3-10,12H2,1-2H3,(H,22,27)/t13-,14?,15+,16-,17-/m0/s1. The monoisotopic (exact) mass is 408 g/mol. The Bertz CT molecular complexity index is 636. The maximum atomic E-state index is 13.3. The number of likely N-dealkylation sites (N-methyl/N-ethyl adjacent to an activating group) is 1. The fourth-order valence-electron chi connectivity index (χ4n) is 4.43. The number of rotatable bonds is 6. The third kappa shape index (κ3) is 4.95. The zero-order chi connectivity index (χ0) is 21.0. The molecule has 1 unspecified atom stereocenters. The number of nitrogens with one attached hydrogen (secondary N) is 2. The summed E-state index contributed by atoms with van der Waals surface area (Å²) in [6, 6.07) is -1.86. The van der Waals surface area contributed by atoms with Gasteiger partial charge in [-0.05, 0) is 45.6 Å². The lowest BCUT2D eigenvalue weighted by molar-refractivity contribution is -0.145. The first-order chi connectivity index (χ1) is 13.9. The predicted molar refractivity (Wildman–Crippen MR) is 105 cm³/mol. The van der Waals surface area contributed by atoms with Crippen LogP contribution in [-0.2, 0) is 23.9 Å². The lowest BCUT2D eigenvalue weighted by Gasteiger charge is -2.38. The molecule has 3 rings (SSSR count). The number of hydrogen-bond donors (Lipinski definition) is 2. The maximum Gasteiger partial charge on any atom is 0.247 e. The second-order valence-electron chi connectivity index (χ2n) is 8.31. The van der Waals surface area contributed by atoms with Crippen LogP contribution in [0.5, 0.6) is 0 Å². The van der Waals surface area contributed by atoms with Crippen molar-refractivity contribution in [1.29, 1.82) is 0 Å². The molecule has 0 radical (unpaired) electrons. The number of fused-ring (bicyclic) bond motifs is 1. The Hall–Kier alpha value is -2.00. The van der Waals surface area contributed by atoms with Gasteiger partial charge in [0.1, 0.15) is 12.3 Å². The molecule has 0 aromatic carbocycles. The molecule has 9 heteroatoms. The molecule has 9 nitrogen and oxygen atoms in total. The molecule has 0 aromatic heterocycles. The van der Waals surface area contributed by atoms with Crippen molar-refractivity contribution >= 4 is 24.0 Å². The van der Waals surface area contributed by atoms with Crippen molar-refractivity contribution in [2.24, 2.45) is 5.92 Å². The smallest absolute Gasteiger partial charge is 0.247 e. The van der Waals surface area contributed by atoms with E-state index in [0.717, 1.165) is 19.1 Å². The van der Waals surface area contributed by atoms with E-state index < -0.39 is 18.1 Å². The maximum absolute atomic E-state index is 13.3. The molecule has 0 saturated carbocycles. The van der Waals surface area contributed by atoms with Crippen LogP contribution in [0.4, 0.5) is 0 Å². The summed E-state index contributed by atoms with van der Waals surface area (Å²) in [5, 5.41) is 5.65. The van der Waals surface area contributed by atoms with Gasteiger partial charge in [-0.2, -0.15) is 0 Å². The summed E-state index contributed by atoms with van der Waals surface area (Å²) >= 11 is 0. The molecule has 3 saturated heterocycles. The number of carbonyl (C=O) groups excluding carboxylic acids is 4. The average Bonchev–Trinajstić information content (AvgIpc) is 3.36. The first kappa shape index (κ1) is 21.7. The molecular weight excluding hydrogens is 376 g/mol. The molecule has 2 N–H and O–H groups in total. The summed E-state index contributed by atoms with van der Waals surface area (Å²) in [5.41, 5.74) is 0. The molecule has 0 aromatic rings. The molecule has 0 bridgehead atoms. The van der Waals surface area contributed by atoms with E-state index in [-0.39, 0.29) is 36.2 Å². The van der Waals surface area contributed by atoms with Gasteiger partial charge in [0, 0.05) is 38.8 Å². The molecule has 0 aliphatic carbocycles. The second-order valence-corrected chi connectivity index (χ2v) is 8.31. The predicted octanol–water partition coefficient (Wildman–Crippen LogP) is -0.703. The van der Waals surface area contributed by atoms with Crippen LogP contribution in [0.25, 0.3) is 0 Å². The lowest BCUT2D eigenvalue weighted by atomic mass is 10.0. The Morgan fingerprint density at radius 1 is 1.28 bits per heavy atom. The SMILES string of the molecule is CN[C@@H](C)C(=O)N[C@H]1CN(C(=O)CC2CCOC2)CC[C@H]2CC[C@@H](C=O)N2C1=O. The highest BCUT2D eigenvalue weighted by atomic mass is 16.5. The minimum absolute atomic E-state index is 0.00685. The van der Waals surface area contributed by atoms with Crippen molar-refractivity contribution in [3.8, 4) is 0 Å². The Morgan fingerprint density at radius 2 is 2.07 bits per heavy atom. The summed E-state index contributed by atoms with van der Waals surface area (Å²) in [6.07, 6.45) is 4.10. The highest BCUT2D eigenvalue weighted by molar-refractivity contribution is 5.92. The highest BCUT2D eigenvalue weighted by Gasteiger charge is 2.43. The van der Waals surface area contributed by atoms with Crippen molar-refractivity contribution in [3.05, 3.63) is 0 Å². The number of ether oxygens (including phenoxy) is 1. The van der Waals surface area contributed by atoms with Gasteiger partial charge in [-0.3, -0.25) is 14.4 Å². The van der Waals surface area contributed by atoms with Crippen LogP contribution in [0, 0.1) is 5.92 Å². The fraction of sp³-hybridized carbons (Fsp3) is 0.800. The second kappa shape index (κ2) is 9.67. The van der Waals surface area contributed by atoms with Crippen LogP contribution in [0.15, 0.2) is 0 Å². The zero-order valence-electron chi connectivity index (χ0n) is 17.3. The van der Waals surface area contributed by atoms with Crippen LogP contribution < -0.4 is 10.6 Å². The van der Waals surface area contributed by atoms with Crippen LogP contribution in [0.3, 0.4) is 0 Å². The normalized spacial score (nSPS) is 31.0. The van der Waals surface area contributed by atoms with Gasteiger partial charge in [-0.15, -0.1) is 0 Å². The minimum Gasteiger partial charge on any atom is -0.381 e. The molecule has 3 amide bonds. The van der Waals surface area contributed by atoms with Crippen molar-refractivity contribution in [2.45, 2.75) is 63.2 Å². The third-order valence-corrected chi connectivity index (χ3v) is 6.37.